The van der Waals surface area contributed by atoms with Gasteiger partial charge in [0, 0.05) is 11.4 Å². The minimum absolute atomic E-state index is 0.0875. The third-order valence-electron chi connectivity index (χ3n) is 3.24. The lowest BCUT2D eigenvalue weighted by Crippen LogP contribution is -2.41. The molecule has 1 saturated heterocycles. The number of aliphatic carboxylic acids is 1. The Bertz CT molecular complexity index is 472. The summed E-state index contributed by atoms with van der Waals surface area (Å²) in [5.74, 6) is -0.686. The number of hydrogen-bond acceptors (Lipinski definition) is 3. The average Bonchev–Trinajstić information content (AvgIpc) is 2.87. The number of carbonyl (C=O) groups is 2. The number of rotatable bonds is 4. The van der Waals surface area contributed by atoms with Gasteiger partial charge in [0.25, 0.3) is 0 Å². The van der Waals surface area contributed by atoms with Crippen molar-refractivity contribution in [2.45, 2.75) is 30.7 Å². The van der Waals surface area contributed by atoms with E-state index in [-0.39, 0.29) is 5.91 Å². The molecule has 0 aliphatic carbocycles. The van der Waals surface area contributed by atoms with Crippen LogP contribution in [-0.2, 0) is 9.59 Å². The highest BCUT2D eigenvalue weighted by Gasteiger charge is 2.33. The molecule has 2 rings (SSSR count). The van der Waals surface area contributed by atoms with E-state index >= 15 is 0 Å². The highest BCUT2D eigenvalue weighted by molar-refractivity contribution is 8.00. The van der Waals surface area contributed by atoms with E-state index < -0.39 is 12.0 Å². The van der Waals surface area contributed by atoms with Crippen LogP contribution in [0.5, 0.6) is 0 Å². The van der Waals surface area contributed by atoms with Crippen molar-refractivity contribution in [3.05, 3.63) is 29.8 Å². The summed E-state index contributed by atoms with van der Waals surface area (Å²) in [6.07, 6.45) is 1.34. The fourth-order valence-electron chi connectivity index (χ4n) is 2.18. The fraction of sp³-hybridized carbons (Fsp3) is 0.429. The molecule has 0 spiro atoms. The number of aryl methyl sites for hydroxylation is 1. The summed E-state index contributed by atoms with van der Waals surface area (Å²) >= 11 is 1.45. The van der Waals surface area contributed by atoms with Crippen molar-refractivity contribution in [2.75, 3.05) is 12.3 Å². The van der Waals surface area contributed by atoms with Crippen molar-refractivity contribution in [1.29, 1.82) is 0 Å². The van der Waals surface area contributed by atoms with Gasteiger partial charge in [0.15, 0.2) is 0 Å². The van der Waals surface area contributed by atoms with E-state index in [1.165, 1.54) is 22.2 Å². The predicted octanol–water partition coefficient (Wildman–Crippen LogP) is 2.16. The molecular formula is C14H17NO3S. The molecule has 1 amide bonds. The average molecular weight is 279 g/mol. The van der Waals surface area contributed by atoms with Crippen molar-refractivity contribution >= 4 is 23.6 Å². The molecular weight excluding hydrogens is 262 g/mol. The molecule has 0 unspecified atom stereocenters. The monoisotopic (exact) mass is 279 g/mol. The Morgan fingerprint density at radius 2 is 2.05 bits per heavy atom. The molecule has 0 radical (unpaired) electrons. The van der Waals surface area contributed by atoms with E-state index in [0.29, 0.717) is 18.7 Å². The zero-order chi connectivity index (χ0) is 13.8. The molecule has 1 atom stereocenters. The second-order valence-electron chi connectivity index (χ2n) is 4.69. The molecule has 1 heterocycles. The summed E-state index contributed by atoms with van der Waals surface area (Å²) < 4.78 is 0. The van der Waals surface area contributed by atoms with Crippen LogP contribution in [0, 0.1) is 6.92 Å². The van der Waals surface area contributed by atoms with Crippen LogP contribution in [0.2, 0.25) is 0 Å². The van der Waals surface area contributed by atoms with Crippen molar-refractivity contribution in [1.82, 2.24) is 4.90 Å². The van der Waals surface area contributed by atoms with Crippen LogP contribution in [0.25, 0.3) is 0 Å². The number of likely N-dealkylation sites (tertiary alicyclic amines) is 1. The summed E-state index contributed by atoms with van der Waals surface area (Å²) in [6.45, 7) is 2.57. The van der Waals surface area contributed by atoms with Crippen molar-refractivity contribution in [2.24, 2.45) is 0 Å². The lowest BCUT2D eigenvalue weighted by molar-refractivity contribution is -0.147. The van der Waals surface area contributed by atoms with Gasteiger partial charge in [0.05, 0.1) is 5.75 Å². The molecule has 1 N–H and O–H groups in total. The Morgan fingerprint density at radius 3 is 2.68 bits per heavy atom. The molecule has 4 nitrogen and oxygen atoms in total. The minimum atomic E-state index is -0.897. The Kier molecular flexibility index (Phi) is 4.47. The predicted molar refractivity (Wildman–Crippen MR) is 74.3 cm³/mol. The van der Waals surface area contributed by atoms with Crippen LogP contribution >= 0.6 is 11.8 Å². The Hall–Kier alpha value is -1.49. The van der Waals surface area contributed by atoms with E-state index in [1.807, 2.05) is 31.2 Å². The Balaban J connectivity index is 1.90. The number of carboxylic acid groups (broad SMARTS) is 1. The van der Waals surface area contributed by atoms with Gasteiger partial charge in [0.2, 0.25) is 5.91 Å². The van der Waals surface area contributed by atoms with E-state index in [2.05, 4.69) is 0 Å². The molecule has 5 heteroatoms. The summed E-state index contributed by atoms with van der Waals surface area (Å²) in [7, 11) is 0. The van der Waals surface area contributed by atoms with Crippen LogP contribution in [0.1, 0.15) is 18.4 Å². The lowest BCUT2D eigenvalue weighted by Gasteiger charge is -2.21. The van der Waals surface area contributed by atoms with Crippen molar-refractivity contribution in [3.8, 4) is 0 Å². The van der Waals surface area contributed by atoms with Crippen molar-refractivity contribution in [3.63, 3.8) is 0 Å². The summed E-state index contributed by atoms with van der Waals surface area (Å²) in [5, 5.41) is 9.05. The maximum absolute atomic E-state index is 12.0. The number of amides is 1. The first-order chi connectivity index (χ1) is 9.08. The topological polar surface area (TPSA) is 57.6 Å². The second kappa shape index (κ2) is 6.10. The summed E-state index contributed by atoms with van der Waals surface area (Å²) in [6, 6.07) is 7.33. The van der Waals surface area contributed by atoms with Crippen LogP contribution in [0.3, 0.4) is 0 Å². The molecule has 1 aliphatic heterocycles. The zero-order valence-corrected chi connectivity index (χ0v) is 11.7. The van der Waals surface area contributed by atoms with Gasteiger partial charge in [-0.1, -0.05) is 17.7 Å². The van der Waals surface area contributed by atoms with Gasteiger partial charge in [-0.25, -0.2) is 4.79 Å². The maximum atomic E-state index is 12.0. The number of carbonyl (C=O) groups excluding carboxylic acids is 1. The first kappa shape index (κ1) is 13.9. The summed E-state index contributed by atoms with van der Waals surface area (Å²) in [5.41, 5.74) is 1.18. The maximum Gasteiger partial charge on any atom is 0.326 e. The third-order valence-corrected chi connectivity index (χ3v) is 4.24. The lowest BCUT2D eigenvalue weighted by atomic mass is 10.2. The highest BCUT2D eigenvalue weighted by atomic mass is 32.2. The van der Waals surface area contributed by atoms with Crippen LogP contribution in [0.15, 0.2) is 29.2 Å². The SMILES string of the molecule is Cc1ccc(SCC(=O)N2CCC[C@@H]2C(=O)O)cc1. The quantitative estimate of drug-likeness (QED) is 0.858. The Labute approximate surface area is 116 Å². The summed E-state index contributed by atoms with van der Waals surface area (Å²) in [4.78, 5) is 25.6. The molecule has 1 aromatic rings. The molecule has 1 aliphatic rings. The number of nitrogens with zero attached hydrogens (tertiary/aromatic N) is 1. The molecule has 0 saturated carbocycles. The third kappa shape index (κ3) is 3.50. The number of hydrogen-bond donors (Lipinski definition) is 1. The molecule has 102 valence electrons. The second-order valence-corrected chi connectivity index (χ2v) is 5.73. The normalized spacial score (nSPS) is 18.6. The minimum Gasteiger partial charge on any atom is -0.480 e. The van der Waals surface area contributed by atoms with Crippen LogP contribution < -0.4 is 0 Å². The van der Waals surface area contributed by atoms with E-state index in [9.17, 15) is 9.59 Å². The Morgan fingerprint density at radius 1 is 1.37 bits per heavy atom. The van der Waals surface area contributed by atoms with Crippen molar-refractivity contribution < 1.29 is 14.7 Å². The number of thioether (sulfide) groups is 1. The van der Waals surface area contributed by atoms with Gasteiger partial charge in [0.1, 0.15) is 6.04 Å². The number of benzene rings is 1. The highest BCUT2D eigenvalue weighted by Crippen LogP contribution is 2.22. The molecule has 0 aromatic heterocycles. The van der Waals surface area contributed by atoms with Gasteiger partial charge < -0.3 is 10.0 Å². The molecule has 1 aromatic carbocycles. The van der Waals surface area contributed by atoms with Gasteiger partial charge in [-0.15, -0.1) is 11.8 Å². The largest absolute Gasteiger partial charge is 0.480 e. The van der Waals surface area contributed by atoms with E-state index in [4.69, 9.17) is 5.11 Å². The molecule has 19 heavy (non-hydrogen) atoms. The number of carboxylic acids is 1. The first-order valence-electron chi connectivity index (χ1n) is 6.29. The van der Waals surface area contributed by atoms with E-state index in [0.717, 1.165) is 11.3 Å². The van der Waals surface area contributed by atoms with Gasteiger partial charge in [-0.2, -0.15) is 0 Å². The van der Waals surface area contributed by atoms with Gasteiger partial charge in [-0.05, 0) is 31.9 Å². The fourth-order valence-corrected chi connectivity index (χ4v) is 2.97. The van der Waals surface area contributed by atoms with Gasteiger partial charge >= 0.3 is 5.97 Å². The van der Waals surface area contributed by atoms with Crippen LogP contribution in [0.4, 0.5) is 0 Å². The van der Waals surface area contributed by atoms with Crippen LogP contribution in [-0.4, -0.2) is 40.2 Å². The first-order valence-corrected chi connectivity index (χ1v) is 7.28. The van der Waals surface area contributed by atoms with E-state index in [1.54, 1.807) is 0 Å². The molecule has 0 bridgehead atoms. The smallest absolute Gasteiger partial charge is 0.326 e. The zero-order valence-electron chi connectivity index (χ0n) is 10.8. The van der Waals surface area contributed by atoms with Gasteiger partial charge in [-0.3, -0.25) is 4.79 Å². The standard InChI is InChI=1S/C14H17NO3S/c1-10-4-6-11(7-5-10)19-9-13(16)15-8-2-3-12(15)14(17)18/h4-7,12H,2-3,8-9H2,1H3,(H,17,18)/t12-/m1/s1. The molecule has 1 fully saturated rings.